The molecule has 2 aromatic heterocycles. The number of halogens is 1. The zero-order chi connectivity index (χ0) is 19.5. The highest BCUT2D eigenvalue weighted by Crippen LogP contribution is 2.39. The van der Waals surface area contributed by atoms with Crippen LogP contribution in [-0.4, -0.2) is 27.7 Å². The lowest BCUT2D eigenvalue weighted by atomic mass is 9.97. The second kappa shape index (κ2) is 9.11. The van der Waals surface area contributed by atoms with Gasteiger partial charge in [0.2, 0.25) is 0 Å². The Kier molecular flexibility index (Phi) is 6.55. The molecular weight excluding hydrogens is 454 g/mol. The number of nitrogens with one attached hydrogen (secondary N) is 1. The number of hydrogen-bond donors (Lipinski definition) is 2. The number of thiophene rings is 1. The van der Waals surface area contributed by atoms with Gasteiger partial charge in [0.15, 0.2) is 0 Å². The van der Waals surface area contributed by atoms with Gasteiger partial charge in [0.05, 0.1) is 23.8 Å². The van der Waals surface area contributed by atoms with Crippen LogP contribution in [0.2, 0.25) is 0 Å². The first-order chi connectivity index (χ1) is 13.7. The lowest BCUT2D eigenvalue weighted by molar-refractivity contribution is 0.271. The van der Waals surface area contributed by atoms with E-state index in [1.54, 1.807) is 11.8 Å². The largest absolute Gasteiger partial charge is 0.394 e. The number of rotatable bonds is 7. The Hall–Kier alpha value is -1.15. The van der Waals surface area contributed by atoms with Crippen molar-refractivity contribution in [1.29, 1.82) is 0 Å². The SMILES string of the molecule is CC[C@@H](CO)Nc1nc(CSc2ccc(Br)cc2)nc2sc3c(c12)CCCC3. The van der Waals surface area contributed by atoms with Gasteiger partial charge in [-0.25, -0.2) is 9.97 Å². The van der Waals surface area contributed by atoms with Crippen molar-refractivity contribution in [1.82, 2.24) is 9.97 Å². The van der Waals surface area contributed by atoms with E-state index >= 15 is 0 Å². The molecule has 7 heteroatoms. The standard InChI is InChI=1S/C21H24BrN3OS2/c1-2-14(11-26)23-20-19-16-5-3-4-6-17(16)28-21(19)25-18(24-20)12-27-15-9-7-13(22)8-10-15/h7-10,14,26H,2-6,11-12H2,1H3,(H,23,24,25)/t14-/m0/s1. The number of aryl methyl sites for hydroxylation is 2. The van der Waals surface area contributed by atoms with E-state index in [2.05, 4.69) is 52.4 Å². The summed E-state index contributed by atoms with van der Waals surface area (Å²) >= 11 is 7.05. The fraction of sp³-hybridized carbons (Fsp3) is 0.429. The van der Waals surface area contributed by atoms with E-state index in [0.717, 1.165) is 46.0 Å². The normalized spacial score (nSPS) is 14.8. The summed E-state index contributed by atoms with van der Waals surface area (Å²) in [5.74, 6) is 2.47. The molecule has 0 saturated carbocycles. The predicted molar refractivity (Wildman–Crippen MR) is 123 cm³/mol. The maximum atomic E-state index is 9.68. The minimum Gasteiger partial charge on any atom is -0.394 e. The molecule has 2 N–H and O–H groups in total. The monoisotopic (exact) mass is 477 g/mol. The summed E-state index contributed by atoms with van der Waals surface area (Å²) < 4.78 is 1.08. The molecule has 0 spiro atoms. The quantitative estimate of drug-likeness (QED) is 0.420. The van der Waals surface area contributed by atoms with E-state index in [4.69, 9.17) is 9.97 Å². The van der Waals surface area contributed by atoms with Gasteiger partial charge in [0, 0.05) is 14.2 Å². The zero-order valence-electron chi connectivity index (χ0n) is 15.9. The molecule has 0 unspecified atom stereocenters. The van der Waals surface area contributed by atoms with Crippen LogP contribution in [-0.2, 0) is 18.6 Å². The highest BCUT2D eigenvalue weighted by molar-refractivity contribution is 9.10. The third-order valence-corrected chi connectivity index (χ3v) is 7.82. The van der Waals surface area contributed by atoms with Crippen molar-refractivity contribution in [3.63, 3.8) is 0 Å². The topological polar surface area (TPSA) is 58.0 Å². The van der Waals surface area contributed by atoms with E-state index in [1.807, 2.05) is 11.3 Å². The van der Waals surface area contributed by atoms with Crippen LogP contribution in [0.5, 0.6) is 0 Å². The molecule has 0 amide bonds. The molecule has 0 aliphatic heterocycles. The van der Waals surface area contributed by atoms with Gasteiger partial charge in [0.1, 0.15) is 16.5 Å². The molecule has 0 bridgehead atoms. The Morgan fingerprint density at radius 3 is 2.75 bits per heavy atom. The van der Waals surface area contributed by atoms with Crippen LogP contribution in [0.25, 0.3) is 10.2 Å². The van der Waals surface area contributed by atoms with Crippen molar-refractivity contribution in [2.24, 2.45) is 0 Å². The minimum absolute atomic E-state index is 0.0178. The number of nitrogens with zero attached hydrogens (tertiary/aromatic N) is 2. The summed E-state index contributed by atoms with van der Waals surface area (Å²) in [6.07, 6.45) is 5.61. The molecular formula is C21H24BrN3OS2. The maximum Gasteiger partial charge on any atom is 0.142 e. The summed E-state index contributed by atoms with van der Waals surface area (Å²) in [5.41, 5.74) is 1.42. The Labute approximate surface area is 182 Å². The number of aliphatic hydroxyl groups is 1. The third-order valence-electron chi connectivity index (χ3n) is 5.10. The van der Waals surface area contributed by atoms with Crippen molar-refractivity contribution in [3.8, 4) is 0 Å². The van der Waals surface area contributed by atoms with E-state index in [1.165, 1.54) is 33.6 Å². The van der Waals surface area contributed by atoms with Crippen molar-refractivity contribution in [3.05, 3.63) is 45.0 Å². The number of aliphatic hydroxyl groups excluding tert-OH is 1. The molecule has 4 rings (SSSR count). The summed E-state index contributed by atoms with van der Waals surface area (Å²) in [6.45, 7) is 2.19. The van der Waals surface area contributed by atoms with Crippen LogP contribution in [0.3, 0.4) is 0 Å². The summed E-state index contributed by atoms with van der Waals surface area (Å²) in [7, 11) is 0. The number of benzene rings is 1. The molecule has 1 atom stereocenters. The molecule has 4 nitrogen and oxygen atoms in total. The van der Waals surface area contributed by atoms with Crippen molar-refractivity contribution >= 4 is 55.1 Å². The predicted octanol–water partition coefficient (Wildman–Crippen LogP) is 5.81. The molecule has 0 fully saturated rings. The minimum atomic E-state index is 0.0178. The highest BCUT2D eigenvalue weighted by atomic mass is 79.9. The first-order valence-electron chi connectivity index (χ1n) is 9.74. The average molecular weight is 478 g/mol. The summed E-state index contributed by atoms with van der Waals surface area (Å²) in [6, 6.07) is 8.34. The molecule has 1 aliphatic rings. The van der Waals surface area contributed by atoms with Crippen LogP contribution in [0.1, 0.15) is 42.5 Å². The van der Waals surface area contributed by atoms with Gasteiger partial charge in [0.25, 0.3) is 0 Å². The second-order valence-corrected chi connectivity index (χ2v) is 10.1. The molecule has 148 valence electrons. The smallest absolute Gasteiger partial charge is 0.142 e. The molecule has 0 radical (unpaired) electrons. The second-order valence-electron chi connectivity index (χ2n) is 7.05. The maximum absolute atomic E-state index is 9.68. The Morgan fingerprint density at radius 1 is 1.21 bits per heavy atom. The highest BCUT2D eigenvalue weighted by Gasteiger charge is 2.22. The number of thioether (sulfide) groups is 1. The number of anilines is 1. The average Bonchev–Trinajstić information content (AvgIpc) is 3.10. The van der Waals surface area contributed by atoms with Gasteiger partial charge in [-0.05, 0) is 61.9 Å². The molecule has 1 aliphatic carbocycles. The number of hydrogen-bond acceptors (Lipinski definition) is 6. The van der Waals surface area contributed by atoms with Crippen molar-refractivity contribution in [2.45, 2.75) is 55.7 Å². The van der Waals surface area contributed by atoms with Crippen molar-refractivity contribution in [2.75, 3.05) is 11.9 Å². The van der Waals surface area contributed by atoms with Gasteiger partial charge in [-0.15, -0.1) is 23.1 Å². The van der Waals surface area contributed by atoms with Crippen LogP contribution in [0.4, 0.5) is 5.82 Å². The third kappa shape index (κ3) is 4.37. The van der Waals surface area contributed by atoms with Crippen LogP contribution < -0.4 is 5.32 Å². The summed E-state index contributed by atoms with van der Waals surface area (Å²) in [5, 5.41) is 14.4. The number of fused-ring (bicyclic) bond motifs is 3. The van der Waals surface area contributed by atoms with Crippen LogP contribution in [0, 0.1) is 0 Å². The van der Waals surface area contributed by atoms with Gasteiger partial charge in [-0.3, -0.25) is 0 Å². The fourth-order valence-corrected chi connectivity index (χ4v) is 5.82. The van der Waals surface area contributed by atoms with E-state index in [-0.39, 0.29) is 12.6 Å². The van der Waals surface area contributed by atoms with E-state index < -0.39 is 0 Å². The van der Waals surface area contributed by atoms with Gasteiger partial charge >= 0.3 is 0 Å². The zero-order valence-corrected chi connectivity index (χ0v) is 19.1. The Balaban J connectivity index is 1.67. The lowest BCUT2D eigenvalue weighted by Gasteiger charge is -2.18. The van der Waals surface area contributed by atoms with Gasteiger partial charge in [-0.2, -0.15) is 0 Å². The summed E-state index contributed by atoms with van der Waals surface area (Å²) in [4.78, 5) is 13.6. The molecule has 3 aromatic rings. The number of aromatic nitrogens is 2. The Morgan fingerprint density at radius 2 is 2.00 bits per heavy atom. The fourth-order valence-electron chi connectivity index (χ4n) is 3.52. The first-order valence-corrected chi connectivity index (χ1v) is 12.3. The first kappa shape index (κ1) is 20.1. The van der Waals surface area contributed by atoms with E-state index in [0.29, 0.717) is 0 Å². The van der Waals surface area contributed by atoms with Crippen molar-refractivity contribution < 1.29 is 5.11 Å². The van der Waals surface area contributed by atoms with E-state index in [9.17, 15) is 5.11 Å². The van der Waals surface area contributed by atoms with Crippen LogP contribution in [0.15, 0.2) is 33.6 Å². The van der Waals surface area contributed by atoms with Crippen LogP contribution >= 0.6 is 39.0 Å². The molecule has 1 aromatic carbocycles. The lowest BCUT2D eigenvalue weighted by Crippen LogP contribution is -2.23. The van der Waals surface area contributed by atoms with Gasteiger partial charge < -0.3 is 10.4 Å². The molecule has 28 heavy (non-hydrogen) atoms. The Bertz CT molecular complexity index is 954. The molecule has 0 saturated heterocycles. The van der Waals surface area contributed by atoms with Gasteiger partial charge in [-0.1, -0.05) is 22.9 Å². The molecule has 2 heterocycles.